The lowest BCUT2D eigenvalue weighted by Crippen LogP contribution is -2.36. The number of nitrogens with zero attached hydrogens (tertiary/aromatic N) is 4. The Morgan fingerprint density at radius 2 is 1.89 bits per heavy atom. The Morgan fingerprint density at radius 3 is 2.57 bits per heavy atom. The lowest BCUT2D eigenvalue weighted by atomic mass is 10.2. The van der Waals surface area contributed by atoms with Gasteiger partial charge in [-0.25, -0.2) is 9.97 Å². The highest BCUT2D eigenvalue weighted by molar-refractivity contribution is 7.11. The van der Waals surface area contributed by atoms with Crippen molar-refractivity contribution in [2.24, 2.45) is 0 Å². The van der Waals surface area contributed by atoms with Gasteiger partial charge in [0, 0.05) is 48.8 Å². The molecular formula is C20H23N5O2S. The van der Waals surface area contributed by atoms with Crippen LogP contribution < -0.4 is 15.1 Å². The summed E-state index contributed by atoms with van der Waals surface area (Å²) in [6, 6.07) is 7.84. The number of amides is 1. The number of hydrogen-bond donors (Lipinski definition) is 1. The largest absolute Gasteiger partial charge is 0.378 e. The van der Waals surface area contributed by atoms with Crippen LogP contribution in [-0.4, -0.2) is 56.3 Å². The van der Waals surface area contributed by atoms with Gasteiger partial charge in [0.1, 0.15) is 5.82 Å². The average molecular weight is 398 g/mol. The number of fused-ring (bicyclic) bond motifs is 1. The smallest absolute Gasteiger partial charge is 0.293 e. The number of carbonyl (C=O) groups is 1. The Bertz CT molecular complexity index is 994. The molecule has 1 aliphatic heterocycles. The maximum absolute atomic E-state index is 12.7. The zero-order chi connectivity index (χ0) is 19.7. The summed E-state index contributed by atoms with van der Waals surface area (Å²) in [5.41, 5.74) is 2.65. The highest BCUT2D eigenvalue weighted by atomic mass is 32.1. The zero-order valence-corrected chi connectivity index (χ0v) is 17.0. The lowest BCUT2D eigenvalue weighted by molar-refractivity contribution is 0.101. The highest BCUT2D eigenvalue weighted by Gasteiger charge is 2.18. The molecule has 1 fully saturated rings. The molecule has 1 amide bonds. The minimum absolute atomic E-state index is 0.172. The lowest BCUT2D eigenvalue weighted by Gasteiger charge is -2.28. The number of aryl methyl sites for hydroxylation is 1. The van der Waals surface area contributed by atoms with Gasteiger partial charge in [-0.15, -0.1) is 11.3 Å². The molecule has 4 rings (SSSR count). The molecule has 7 nitrogen and oxygen atoms in total. The standard InChI is InChI=1S/C20H23N5O2S/c1-13-17-16(12-28-13)22-18(23-19(17)24(2)3)20(26)21-14-4-6-15(7-5-14)25-8-10-27-11-9-25/h4-7,12H,8-11H2,1-3H3,(H,21,26). The Labute approximate surface area is 168 Å². The number of benzene rings is 1. The van der Waals surface area contributed by atoms with Crippen molar-refractivity contribution in [2.45, 2.75) is 6.92 Å². The Balaban J connectivity index is 1.55. The molecular weight excluding hydrogens is 374 g/mol. The fraction of sp³-hybridized carbons (Fsp3) is 0.350. The van der Waals surface area contributed by atoms with Crippen LogP contribution in [0.3, 0.4) is 0 Å². The van der Waals surface area contributed by atoms with Crippen LogP contribution in [0.2, 0.25) is 0 Å². The van der Waals surface area contributed by atoms with E-state index < -0.39 is 0 Å². The second-order valence-corrected chi connectivity index (χ2v) is 8.00. The first-order valence-corrected chi connectivity index (χ1v) is 10.1. The molecule has 1 aliphatic rings. The second kappa shape index (κ2) is 7.73. The first-order chi connectivity index (χ1) is 13.5. The second-order valence-electron chi connectivity index (χ2n) is 6.92. The molecule has 28 heavy (non-hydrogen) atoms. The quantitative estimate of drug-likeness (QED) is 0.729. The summed E-state index contributed by atoms with van der Waals surface area (Å²) in [6.45, 7) is 5.29. The molecule has 1 N–H and O–H groups in total. The summed E-state index contributed by atoms with van der Waals surface area (Å²) < 4.78 is 5.39. The van der Waals surface area contributed by atoms with Gasteiger partial charge in [-0.2, -0.15) is 0 Å². The third-order valence-corrected chi connectivity index (χ3v) is 5.64. The Hall–Kier alpha value is -2.71. The van der Waals surface area contributed by atoms with Crippen LogP contribution in [0.25, 0.3) is 10.9 Å². The molecule has 0 saturated carbocycles. The zero-order valence-electron chi connectivity index (χ0n) is 16.2. The fourth-order valence-corrected chi connectivity index (χ4v) is 4.05. The van der Waals surface area contributed by atoms with E-state index in [0.717, 1.165) is 59.3 Å². The number of thiophene rings is 1. The van der Waals surface area contributed by atoms with E-state index >= 15 is 0 Å². The van der Waals surface area contributed by atoms with E-state index in [1.165, 1.54) is 0 Å². The van der Waals surface area contributed by atoms with Crippen LogP contribution in [0.15, 0.2) is 29.6 Å². The van der Waals surface area contributed by atoms with Crippen LogP contribution in [-0.2, 0) is 4.74 Å². The van der Waals surface area contributed by atoms with Gasteiger partial charge in [-0.3, -0.25) is 4.79 Å². The Morgan fingerprint density at radius 1 is 1.18 bits per heavy atom. The summed E-state index contributed by atoms with van der Waals surface area (Å²) in [7, 11) is 3.84. The minimum Gasteiger partial charge on any atom is -0.378 e. The third kappa shape index (κ3) is 3.65. The number of rotatable bonds is 4. The molecule has 0 unspecified atom stereocenters. The van der Waals surface area contributed by atoms with Gasteiger partial charge in [0.25, 0.3) is 5.91 Å². The normalized spacial score (nSPS) is 14.3. The minimum atomic E-state index is -0.312. The van der Waals surface area contributed by atoms with Crippen molar-refractivity contribution < 1.29 is 9.53 Å². The van der Waals surface area contributed by atoms with Crippen molar-refractivity contribution >= 4 is 45.3 Å². The highest BCUT2D eigenvalue weighted by Crippen LogP contribution is 2.30. The van der Waals surface area contributed by atoms with Crippen LogP contribution in [0, 0.1) is 6.92 Å². The summed E-state index contributed by atoms with van der Waals surface area (Å²) in [5, 5.41) is 5.87. The van der Waals surface area contributed by atoms with E-state index in [2.05, 4.69) is 20.2 Å². The molecule has 146 valence electrons. The number of nitrogens with one attached hydrogen (secondary N) is 1. The fourth-order valence-electron chi connectivity index (χ4n) is 3.28. The maximum atomic E-state index is 12.7. The van der Waals surface area contributed by atoms with E-state index in [0.29, 0.717) is 0 Å². The monoisotopic (exact) mass is 397 g/mol. The average Bonchev–Trinajstić information content (AvgIpc) is 3.09. The van der Waals surface area contributed by atoms with Crippen LogP contribution in [0.1, 0.15) is 15.5 Å². The molecule has 1 saturated heterocycles. The van der Waals surface area contributed by atoms with E-state index in [1.807, 2.05) is 55.6 Å². The summed E-state index contributed by atoms with van der Waals surface area (Å²) >= 11 is 1.61. The van der Waals surface area contributed by atoms with Gasteiger partial charge in [-0.05, 0) is 31.2 Å². The number of ether oxygens (including phenoxy) is 1. The summed E-state index contributed by atoms with van der Waals surface area (Å²) in [5.74, 6) is 0.621. The maximum Gasteiger partial charge on any atom is 0.293 e. The van der Waals surface area contributed by atoms with Crippen LogP contribution >= 0.6 is 11.3 Å². The first-order valence-electron chi connectivity index (χ1n) is 9.20. The number of anilines is 3. The van der Waals surface area contributed by atoms with Crippen molar-refractivity contribution in [3.63, 3.8) is 0 Å². The van der Waals surface area contributed by atoms with Gasteiger partial charge < -0.3 is 19.9 Å². The number of hydrogen-bond acceptors (Lipinski definition) is 7. The van der Waals surface area contributed by atoms with Crippen LogP contribution in [0.5, 0.6) is 0 Å². The van der Waals surface area contributed by atoms with E-state index in [4.69, 9.17) is 4.74 Å². The van der Waals surface area contributed by atoms with E-state index in [9.17, 15) is 4.79 Å². The predicted molar refractivity (Wildman–Crippen MR) is 114 cm³/mol. The number of aromatic nitrogens is 2. The van der Waals surface area contributed by atoms with Gasteiger partial charge >= 0.3 is 0 Å². The van der Waals surface area contributed by atoms with Gasteiger partial charge in [0.15, 0.2) is 0 Å². The third-order valence-electron chi connectivity index (χ3n) is 4.75. The van der Waals surface area contributed by atoms with Gasteiger partial charge in [0.2, 0.25) is 5.82 Å². The molecule has 3 aromatic rings. The Kier molecular flexibility index (Phi) is 5.15. The topological polar surface area (TPSA) is 70.6 Å². The molecule has 0 bridgehead atoms. The van der Waals surface area contributed by atoms with Crippen molar-refractivity contribution in [1.82, 2.24) is 9.97 Å². The molecule has 8 heteroatoms. The molecule has 2 aromatic heterocycles. The summed E-state index contributed by atoms with van der Waals surface area (Å²) in [6.07, 6.45) is 0. The van der Waals surface area contributed by atoms with Gasteiger partial charge in [0.05, 0.1) is 24.1 Å². The SMILES string of the molecule is Cc1scc2nc(C(=O)Nc3ccc(N4CCOCC4)cc3)nc(N(C)C)c12. The van der Waals surface area contributed by atoms with E-state index in [-0.39, 0.29) is 11.7 Å². The predicted octanol–water partition coefficient (Wildman–Crippen LogP) is 3.15. The molecule has 3 heterocycles. The van der Waals surface area contributed by atoms with E-state index in [1.54, 1.807) is 11.3 Å². The molecule has 0 radical (unpaired) electrons. The molecule has 0 aliphatic carbocycles. The van der Waals surface area contributed by atoms with Gasteiger partial charge in [-0.1, -0.05) is 0 Å². The number of carbonyl (C=O) groups excluding carboxylic acids is 1. The summed E-state index contributed by atoms with van der Waals surface area (Å²) in [4.78, 5) is 27.0. The first kappa shape index (κ1) is 18.6. The molecule has 0 spiro atoms. The van der Waals surface area contributed by atoms with Crippen molar-refractivity contribution in [3.05, 3.63) is 40.3 Å². The molecule has 0 atom stereocenters. The van der Waals surface area contributed by atoms with Crippen molar-refractivity contribution in [1.29, 1.82) is 0 Å². The number of morpholine rings is 1. The van der Waals surface area contributed by atoms with Crippen molar-refractivity contribution in [3.8, 4) is 0 Å². The van der Waals surface area contributed by atoms with Crippen molar-refractivity contribution in [2.75, 3.05) is 55.5 Å². The molecule has 1 aromatic carbocycles. The van der Waals surface area contributed by atoms with Crippen LogP contribution in [0.4, 0.5) is 17.2 Å².